The minimum absolute atomic E-state index is 0.0268. The molecule has 3 nitrogen and oxygen atoms in total. The summed E-state index contributed by atoms with van der Waals surface area (Å²) in [7, 11) is 0. The summed E-state index contributed by atoms with van der Waals surface area (Å²) in [6.45, 7) is 0. The Morgan fingerprint density at radius 2 is 1.95 bits per heavy atom. The van der Waals surface area contributed by atoms with Gasteiger partial charge in [0.2, 0.25) is 0 Å². The summed E-state index contributed by atoms with van der Waals surface area (Å²) in [6.07, 6.45) is -3.34. The molecule has 1 N–H and O–H groups in total. The molecular formula is C13H7ClF3NO2. The summed E-state index contributed by atoms with van der Waals surface area (Å²) in [5, 5.41) is 8.48. The first kappa shape index (κ1) is 14.3. The maximum absolute atomic E-state index is 13.0. The van der Waals surface area contributed by atoms with Gasteiger partial charge in [-0.05, 0) is 24.3 Å². The highest BCUT2D eigenvalue weighted by molar-refractivity contribution is 6.33. The third-order valence-corrected chi connectivity index (χ3v) is 2.90. The normalized spacial score (nSPS) is 11.4. The van der Waals surface area contributed by atoms with E-state index in [4.69, 9.17) is 16.7 Å². The van der Waals surface area contributed by atoms with Crippen LogP contribution in [0, 0.1) is 0 Å². The number of hydrogen-bond donors (Lipinski definition) is 1. The van der Waals surface area contributed by atoms with Crippen LogP contribution in [-0.4, -0.2) is 16.1 Å². The molecule has 0 saturated carbocycles. The molecule has 0 spiro atoms. The lowest BCUT2D eigenvalue weighted by atomic mass is 10.00. The number of nitrogens with zero attached hydrogens (tertiary/aromatic N) is 1. The number of aromatic carboxylic acids is 1. The van der Waals surface area contributed by atoms with Crippen molar-refractivity contribution in [2.24, 2.45) is 0 Å². The predicted molar refractivity (Wildman–Crippen MR) is 66.6 cm³/mol. The average molecular weight is 302 g/mol. The lowest BCUT2D eigenvalue weighted by Crippen LogP contribution is -2.10. The van der Waals surface area contributed by atoms with Crippen LogP contribution in [0.25, 0.3) is 11.3 Å². The topological polar surface area (TPSA) is 50.2 Å². The number of rotatable bonds is 2. The Bertz CT molecular complexity index is 657. The summed E-state index contributed by atoms with van der Waals surface area (Å²) in [5.74, 6) is -1.40. The van der Waals surface area contributed by atoms with Gasteiger partial charge in [-0.1, -0.05) is 17.7 Å². The van der Waals surface area contributed by atoms with Gasteiger partial charge in [-0.3, -0.25) is 4.98 Å². The highest BCUT2D eigenvalue weighted by atomic mass is 35.5. The number of carbonyl (C=O) groups is 1. The number of hydrogen-bond acceptors (Lipinski definition) is 2. The third-order valence-electron chi connectivity index (χ3n) is 2.58. The van der Waals surface area contributed by atoms with Crippen molar-refractivity contribution >= 4 is 17.6 Å². The monoisotopic (exact) mass is 301 g/mol. The summed E-state index contributed by atoms with van der Waals surface area (Å²) in [6, 6.07) is 5.91. The zero-order chi connectivity index (χ0) is 14.9. The van der Waals surface area contributed by atoms with E-state index >= 15 is 0 Å². The fourth-order valence-corrected chi connectivity index (χ4v) is 1.95. The van der Waals surface area contributed by atoms with Crippen molar-refractivity contribution in [1.29, 1.82) is 0 Å². The van der Waals surface area contributed by atoms with Crippen molar-refractivity contribution in [1.82, 2.24) is 4.98 Å². The zero-order valence-corrected chi connectivity index (χ0v) is 10.5. The van der Waals surface area contributed by atoms with Crippen molar-refractivity contribution in [3.05, 3.63) is 52.7 Å². The molecule has 2 aromatic rings. The Labute approximate surface area is 116 Å². The van der Waals surface area contributed by atoms with Gasteiger partial charge < -0.3 is 5.11 Å². The lowest BCUT2D eigenvalue weighted by Gasteiger charge is -2.14. The molecule has 0 bridgehead atoms. The van der Waals surface area contributed by atoms with Gasteiger partial charge in [0.05, 0.1) is 21.8 Å². The van der Waals surface area contributed by atoms with Crippen LogP contribution >= 0.6 is 11.6 Å². The number of carboxylic acids is 1. The molecule has 2 rings (SSSR count). The van der Waals surface area contributed by atoms with Gasteiger partial charge in [0, 0.05) is 11.8 Å². The van der Waals surface area contributed by atoms with Gasteiger partial charge in [-0.25, -0.2) is 4.79 Å². The number of pyridine rings is 1. The Morgan fingerprint density at radius 1 is 1.25 bits per heavy atom. The van der Waals surface area contributed by atoms with Crippen LogP contribution in [-0.2, 0) is 6.18 Å². The smallest absolute Gasteiger partial charge is 0.417 e. The van der Waals surface area contributed by atoms with E-state index in [1.807, 2.05) is 0 Å². The molecule has 0 radical (unpaired) electrons. The zero-order valence-electron chi connectivity index (χ0n) is 9.78. The predicted octanol–water partition coefficient (Wildman–Crippen LogP) is 4.12. The highest BCUT2D eigenvalue weighted by Gasteiger charge is 2.35. The van der Waals surface area contributed by atoms with Crippen molar-refractivity contribution in [3.8, 4) is 11.3 Å². The second-order valence-electron chi connectivity index (χ2n) is 3.90. The van der Waals surface area contributed by atoms with Gasteiger partial charge >= 0.3 is 12.1 Å². The number of benzene rings is 1. The number of carboxylic acid groups (broad SMARTS) is 1. The molecule has 20 heavy (non-hydrogen) atoms. The molecule has 0 amide bonds. The van der Waals surface area contributed by atoms with Crippen molar-refractivity contribution < 1.29 is 23.1 Å². The maximum Gasteiger partial charge on any atom is 0.417 e. The molecular weight excluding hydrogens is 295 g/mol. The quantitative estimate of drug-likeness (QED) is 0.907. The second-order valence-corrected chi connectivity index (χ2v) is 4.30. The maximum atomic E-state index is 13.0. The van der Waals surface area contributed by atoms with Crippen molar-refractivity contribution in [2.75, 3.05) is 0 Å². The van der Waals surface area contributed by atoms with Crippen LogP contribution in [0.1, 0.15) is 15.9 Å². The first-order valence-corrected chi connectivity index (χ1v) is 5.74. The van der Waals surface area contributed by atoms with Crippen LogP contribution in [0.2, 0.25) is 5.02 Å². The average Bonchev–Trinajstić information content (AvgIpc) is 2.38. The summed E-state index contributed by atoms with van der Waals surface area (Å²) >= 11 is 5.59. The summed E-state index contributed by atoms with van der Waals surface area (Å²) < 4.78 is 39.0. The fraction of sp³-hybridized carbons (Fsp3) is 0.0769. The Kier molecular flexibility index (Phi) is 3.67. The van der Waals surface area contributed by atoms with Gasteiger partial charge in [-0.15, -0.1) is 0 Å². The van der Waals surface area contributed by atoms with Gasteiger partial charge in [0.15, 0.2) is 0 Å². The van der Waals surface area contributed by atoms with Crippen LogP contribution in [0.5, 0.6) is 0 Å². The molecule has 0 saturated heterocycles. The van der Waals surface area contributed by atoms with Crippen LogP contribution in [0.15, 0.2) is 36.5 Å². The van der Waals surface area contributed by atoms with E-state index in [2.05, 4.69) is 4.98 Å². The molecule has 1 aromatic heterocycles. The Morgan fingerprint density at radius 3 is 2.45 bits per heavy atom. The third kappa shape index (κ3) is 2.75. The first-order chi connectivity index (χ1) is 9.30. The minimum Gasteiger partial charge on any atom is -0.478 e. The van der Waals surface area contributed by atoms with Crippen LogP contribution in [0.3, 0.4) is 0 Å². The largest absolute Gasteiger partial charge is 0.478 e. The SMILES string of the molecule is O=C(O)c1cc(-c2ccccn2)c(C(F)(F)F)cc1Cl. The molecule has 0 unspecified atom stereocenters. The van der Waals surface area contributed by atoms with E-state index in [9.17, 15) is 18.0 Å². The van der Waals surface area contributed by atoms with Crippen LogP contribution in [0.4, 0.5) is 13.2 Å². The highest BCUT2D eigenvalue weighted by Crippen LogP contribution is 2.39. The molecule has 0 aliphatic heterocycles. The first-order valence-electron chi connectivity index (χ1n) is 5.36. The molecule has 0 atom stereocenters. The van der Waals surface area contributed by atoms with Crippen molar-refractivity contribution in [3.63, 3.8) is 0 Å². The summed E-state index contributed by atoms with van der Waals surface area (Å²) in [5.41, 5.74) is -1.72. The summed E-state index contributed by atoms with van der Waals surface area (Å²) in [4.78, 5) is 14.8. The fourth-order valence-electron chi connectivity index (χ4n) is 1.71. The van der Waals surface area contributed by atoms with Gasteiger partial charge in [-0.2, -0.15) is 13.2 Å². The number of aromatic nitrogens is 1. The molecule has 0 fully saturated rings. The lowest BCUT2D eigenvalue weighted by molar-refractivity contribution is -0.137. The van der Waals surface area contributed by atoms with E-state index in [-0.39, 0.29) is 11.3 Å². The molecule has 0 aliphatic carbocycles. The number of alkyl halides is 3. The van der Waals surface area contributed by atoms with Gasteiger partial charge in [0.1, 0.15) is 0 Å². The van der Waals surface area contributed by atoms with E-state index in [1.165, 1.54) is 18.3 Å². The second kappa shape index (κ2) is 5.13. The van der Waals surface area contributed by atoms with E-state index in [0.29, 0.717) is 6.07 Å². The standard InChI is InChI=1S/C13H7ClF3NO2/c14-10-6-9(13(15,16)17)7(5-8(10)12(19)20)11-3-1-2-4-18-11/h1-6H,(H,19,20). The van der Waals surface area contributed by atoms with E-state index in [1.54, 1.807) is 6.07 Å². The Hall–Kier alpha value is -2.08. The number of halogens is 4. The Balaban J connectivity index is 2.76. The van der Waals surface area contributed by atoms with Crippen molar-refractivity contribution in [2.45, 2.75) is 6.18 Å². The van der Waals surface area contributed by atoms with E-state index < -0.39 is 28.3 Å². The molecule has 1 aromatic carbocycles. The minimum atomic E-state index is -4.66. The molecule has 1 heterocycles. The molecule has 104 valence electrons. The molecule has 7 heteroatoms. The van der Waals surface area contributed by atoms with Gasteiger partial charge in [0.25, 0.3) is 0 Å². The molecule has 0 aliphatic rings. The van der Waals surface area contributed by atoms with E-state index in [0.717, 1.165) is 6.07 Å². The van der Waals surface area contributed by atoms with Crippen LogP contribution < -0.4 is 0 Å².